The number of anilines is 1. The Morgan fingerprint density at radius 3 is 2.15 bits per heavy atom. The van der Waals surface area contributed by atoms with Crippen LogP contribution in [0.3, 0.4) is 0 Å². The molecule has 0 aliphatic heterocycles. The fourth-order valence-corrected chi connectivity index (χ4v) is 5.30. The summed E-state index contributed by atoms with van der Waals surface area (Å²) in [7, 11) is -2.63. The molecule has 0 radical (unpaired) electrons. The van der Waals surface area contributed by atoms with Gasteiger partial charge in [-0.2, -0.15) is 5.10 Å². The number of para-hydroxylation sites is 1. The van der Waals surface area contributed by atoms with Crippen molar-refractivity contribution in [3.8, 4) is 5.75 Å². The van der Waals surface area contributed by atoms with Crippen LogP contribution in [0.15, 0.2) is 113 Å². The number of carboxylic acid groups (broad SMARTS) is 1. The lowest BCUT2D eigenvalue weighted by Crippen LogP contribution is -2.33. The molecule has 9 nitrogen and oxygen atoms in total. The first-order valence-electron chi connectivity index (χ1n) is 11.8. The van der Waals surface area contributed by atoms with E-state index < -0.39 is 21.9 Å². The average molecular weight is 544 g/mol. The summed E-state index contributed by atoms with van der Waals surface area (Å²) < 4.78 is 34.1. The van der Waals surface area contributed by atoms with Crippen LogP contribution in [0.1, 0.15) is 31.8 Å². The largest absolute Gasteiger partial charge is 0.497 e. The third-order valence-electron chi connectivity index (χ3n) is 5.79. The number of methoxy groups -OCH3 is 1. The number of benzene rings is 4. The van der Waals surface area contributed by atoms with Crippen molar-refractivity contribution in [2.24, 2.45) is 5.10 Å². The fourth-order valence-electron chi connectivity index (χ4n) is 3.83. The molecule has 39 heavy (non-hydrogen) atoms. The van der Waals surface area contributed by atoms with E-state index in [9.17, 15) is 23.1 Å². The number of amides is 1. The molecule has 198 valence electrons. The first-order valence-corrected chi connectivity index (χ1v) is 13.2. The number of sulfonamides is 1. The molecule has 0 saturated heterocycles. The summed E-state index contributed by atoms with van der Waals surface area (Å²) in [5, 5.41) is 13.3. The Morgan fingerprint density at radius 2 is 1.49 bits per heavy atom. The van der Waals surface area contributed by atoms with E-state index in [1.165, 1.54) is 41.9 Å². The SMILES string of the molecule is COc1ccc(S(=O)(=O)N(Cc2ccccc2)c2ccccc2C(=O)NN=Cc2ccccc2C(=O)O)cc1. The van der Waals surface area contributed by atoms with Gasteiger partial charge in [-0.15, -0.1) is 0 Å². The van der Waals surface area contributed by atoms with E-state index in [-0.39, 0.29) is 28.3 Å². The van der Waals surface area contributed by atoms with Gasteiger partial charge in [0.05, 0.1) is 41.6 Å². The zero-order valence-electron chi connectivity index (χ0n) is 20.9. The van der Waals surface area contributed by atoms with Gasteiger partial charge in [0, 0.05) is 5.56 Å². The second-order valence-electron chi connectivity index (χ2n) is 8.28. The summed E-state index contributed by atoms with van der Waals surface area (Å²) in [6.07, 6.45) is 1.22. The second kappa shape index (κ2) is 12.1. The first-order chi connectivity index (χ1) is 18.8. The highest BCUT2D eigenvalue weighted by atomic mass is 32.2. The molecule has 0 unspecified atom stereocenters. The molecular weight excluding hydrogens is 518 g/mol. The highest BCUT2D eigenvalue weighted by Crippen LogP contribution is 2.30. The van der Waals surface area contributed by atoms with Gasteiger partial charge in [0.15, 0.2) is 0 Å². The van der Waals surface area contributed by atoms with Crippen molar-refractivity contribution >= 4 is 33.8 Å². The number of carbonyl (C=O) groups is 2. The summed E-state index contributed by atoms with van der Waals surface area (Å²) in [4.78, 5) is 24.7. The molecular formula is C29H25N3O6S. The molecule has 1 amide bonds. The van der Waals surface area contributed by atoms with Crippen LogP contribution in [0.4, 0.5) is 5.69 Å². The molecule has 0 fully saturated rings. The molecule has 0 heterocycles. The lowest BCUT2D eigenvalue weighted by molar-refractivity contribution is 0.0696. The Morgan fingerprint density at radius 1 is 0.872 bits per heavy atom. The number of ether oxygens (including phenoxy) is 1. The molecule has 0 bridgehead atoms. The summed E-state index contributed by atoms with van der Waals surface area (Å²) in [6, 6.07) is 27.5. The lowest BCUT2D eigenvalue weighted by Gasteiger charge is -2.26. The number of rotatable bonds is 10. The van der Waals surface area contributed by atoms with Crippen LogP contribution >= 0.6 is 0 Å². The Labute approximate surface area is 226 Å². The lowest BCUT2D eigenvalue weighted by atomic mass is 10.1. The van der Waals surface area contributed by atoms with Gasteiger partial charge in [-0.1, -0.05) is 60.7 Å². The molecule has 0 aromatic heterocycles. The molecule has 10 heteroatoms. The van der Waals surface area contributed by atoms with Crippen LogP contribution in [0, 0.1) is 0 Å². The van der Waals surface area contributed by atoms with Gasteiger partial charge in [0.25, 0.3) is 15.9 Å². The van der Waals surface area contributed by atoms with E-state index in [0.29, 0.717) is 16.9 Å². The number of carbonyl (C=O) groups excluding carboxylic acids is 1. The predicted molar refractivity (Wildman–Crippen MR) is 148 cm³/mol. The highest BCUT2D eigenvalue weighted by Gasteiger charge is 2.28. The standard InChI is InChI=1S/C29H25N3O6S/c1-38-23-15-17-24(18-16-23)39(36,37)32(20-21-9-3-2-4-10-21)27-14-8-7-13-26(27)28(33)31-30-19-22-11-5-6-12-25(22)29(34)35/h2-19H,20H2,1H3,(H,31,33)(H,34,35). The fraction of sp³-hybridized carbons (Fsp3) is 0.0690. The Bertz CT molecular complexity index is 1600. The summed E-state index contributed by atoms with van der Waals surface area (Å²) in [5.74, 6) is -1.29. The number of nitrogens with zero attached hydrogens (tertiary/aromatic N) is 2. The van der Waals surface area contributed by atoms with Crippen molar-refractivity contribution in [2.75, 3.05) is 11.4 Å². The predicted octanol–water partition coefficient (Wildman–Crippen LogP) is 4.55. The van der Waals surface area contributed by atoms with E-state index in [1.54, 1.807) is 72.8 Å². The van der Waals surface area contributed by atoms with Crippen molar-refractivity contribution in [1.29, 1.82) is 0 Å². The van der Waals surface area contributed by atoms with Gasteiger partial charge < -0.3 is 9.84 Å². The van der Waals surface area contributed by atoms with Crippen LogP contribution in [0.25, 0.3) is 0 Å². The van der Waals surface area contributed by atoms with Crippen molar-refractivity contribution in [2.45, 2.75) is 11.4 Å². The topological polar surface area (TPSA) is 125 Å². The number of hydrazone groups is 1. The van der Waals surface area contributed by atoms with Crippen LogP contribution in [-0.2, 0) is 16.6 Å². The van der Waals surface area contributed by atoms with Gasteiger partial charge in [-0.3, -0.25) is 9.10 Å². The van der Waals surface area contributed by atoms with Gasteiger partial charge in [0.2, 0.25) is 0 Å². The second-order valence-corrected chi connectivity index (χ2v) is 10.1. The Hall–Kier alpha value is -4.96. The minimum Gasteiger partial charge on any atom is -0.497 e. The van der Waals surface area contributed by atoms with E-state index in [0.717, 1.165) is 0 Å². The monoisotopic (exact) mass is 543 g/mol. The molecule has 4 rings (SSSR count). The molecule has 0 spiro atoms. The minimum absolute atomic E-state index is 0.0236. The molecule has 0 aliphatic rings. The van der Waals surface area contributed by atoms with Gasteiger partial charge in [0.1, 0.15) is 5.75 Å². The van der Waals surface area contributed by atoms with Crippen molar-refractivity contribution in [1.82, 2.24) is 5.43 Å². The Kier molecular flexibility index (Phi) is 8.37. The molecule has 0 saturated carbocycles. The highest BCUT2D eigenvalue weighted by molar-refractivity contribution is 7.92. The van der Waals surface area contributed by atoms with Crippen LogP contribution < -0.4 is 14.5 Å². The quantitative estimate of drug-likeness (QED) is 0.223. The van der Waals surface area contributed by atoms with Crippen molar-refractivity contribution in [3.63, 3.8) is 0 Å². The smallest absolute Gasteiger partial charge is 0.336 e. The minimum atomic E-state index is -4.12. The van der Waals surface area contributed by atoms with Gasteiger partial charge in [-0.25, -0.2) is 18.6 Å². The summed E-state index contributed by atoms with van der Waals surface area (Å²) >= 11 is 0. The summed E-state index contributed by atoms with van der Waals surface area (Å²) in [6.45, 7) is -0.0330. The van der Waals surface area contributed by atoms with Crippen LogP contribution in [0.5, 0.6) is 5.75 Å². The van der Waals surface area contributed by atoms with Crippen LogP contribution in [0.2, 0.25) is 0 Å². The first kappa shape index (κ1) is 27.1. The maximum Gasteiger partial charge on any atom is 0.336 e. The third kappa shape index (κ3) is 6.31. The molecule has 2 N–H and O–H groups in total. The third-order valence-corrected chi connectivity index (χ3v) is 7.57. The molecule has 0 aliphatic carbocycles. The Balaban J connectivity index is 1.70. The van der Waals surface area contributed by atoms with E-state index >= 15 is 0 Å². The van der Waals surface area contributed by atoms with Gasteiger partial charge in [-0.05, 0) is 48.0 Å². The van der Waals surface area contributed by atoms with Crippen molar-refractivity contribution in [3.05, 3.63) is 125 Å². The van der Waals surface area contributed by atoms with E-state index in [2.05, 4.69) is 10.5 Å². The summed E-state index contributed by atoms with van der Waals surface area (Å²) in [5.41, 5.74) is 3.63. The van der Waals surface area contributed by atoms with E-state index in [4.69, 9.17) is 4.74 Å². The van der Waals surface area contributed by atoms with Crippen molar-refractivity contribution < 1.29 is 27.9 Å². The number of nitrogens with one attached hydrogen (secondary N) is 1. The zero-order chi connectivity index (χ0) is 27.8. The molecule has 0 atom stereocenters. The maximum absolute atomic E-state index is 13.9. The molecule has 4 aromatic rings. The number of aromatic carboxylic acids is 1. The maximum atomic E-state index is 13.9. The number of hydrogen-bond acceptors (Lipinski definition) is 6. The normalized spacial score (nSPS) is 11.2. The van der Waals surface area contributed by atoms with E-state index in [1.807, 2.05) is 6.07 Å². The zero-order valence-corrected chi connectivity index (χ0v) is 21.7. The number of carboxylic acids is 1. The average Bonchev–Trinajstić information content (AvgIpc) is 2.96. The van der Waals surface area contributed by atoms with Gasteiger partial charge >= 0.3 is 5.97 Å². The molecule has 4 aromatic carbocycles. The van der Waals surface area contributed by atoms with Crippen LogP contribution in [-0.4, -0.2) is 38.7 Å². The number of hydrogen-bond donors (Lipinski definition) is 2.